The molecule has 0 aromatic heterocycles. The van der Waals surface area contributed by atoms with Gasteiger partial charge in [-0.1, -0.05) is 13.0 Å². The van der Waals surface area contributed by atoms with E-state index in [1.807, 2.05) is 6.92 Å². The number of hydrogen-bond donors (Lipinski definition) is 0. The summed E-state index contributed by atoms with van der Waals surface area (Å²) in [6.45, 7) is 2.42. The third-order valence-corrected chi connectivity index (χ3v) is 1.29. The van der Waals surface area contributed by atoms with Crippen LogP contribution >= 0.6 is 0 Å². The van der Waals surface area contributed by atoms with Crippen LogP contribution in [0.15, 0.2) is 12.1 Å². The Kier molecular flexibility index (Phi) is 9.97. The molecule has 14 heavy (non-hydrogen) atoms. The molecule has 0 saturated carbocycles. The van der Waals surface area contributed by atoms with Gasteiger partial charge in [-0.15, -0.1) is 12.1 Å². The molecule has 0 aliphatic carbocycles. The Morgan fingerprint density at radius 3 is 2.50 bits per heavy atom. The molecular weight excluding hydrogens is 266 g/mol. The molecule has 0 spiro atoms. The molecule has 0 radical (unpaired) electrons. The van der Waals surface area contributed by atoms with Gasteiger partial charge >= 0.3 is 23.1 Å². The summed E-state index contributed by atoms with van der Waals surface area (Å²) in [7, 11) is 0. The molecular formula is C9H9BrF2MgO. The summed E-state index contributed by atoms with van der Waals surface area (Å²) >= 11 is 0. The van der Waals surface area contributed by atoms with Crippen LogP contribution in [0.4, 0.5) is 8.78 Å². The van der Waals surface area contributed by atoms with Crippen molar-refractivity contribution in [3.63, 3.8) is 0 Å². The van der Waals surface area contributed by atoms with Gasteiger partial charge < -0.3 is 21.7 Å². The Balaban J connectivity index is 0. The summed E-state index contributed by atoms with van der Waals surface area (Å²) in [5.74, 6) is -1.56. The topological polar surface area (TPSA) is 9.23 Å². The molecule has 0 amide bonds. The van der Waals surface area contributed by atoms with Crippen molar-refractivity contribution >= 4 is 23.1 Å². The van der Waals surface area contributed by atoms with E-state index in [1.165, 1.54) is 0 Å². The third-order valence-electron chi connectivity index (χ3n) is 1.29. The minimum atomic E-state index is -0.904. The molecule has 0 heterocycles. The van der Waals surface area contributed by atoms with Gasteiger partial charge in [0.2, 0.25) is 0 Å². The maximum absolute atomic E-state index is 12.5. The smallest absolute Gasteiger partial charge is 1.00 e. The van der Waals surface area contributed by atoms with Crippen LogP contribution in [0.25, 0.3) is 0 Å². The first-order valence-corrected chi connectivity index (χ1v) is 3.73. The average molecular weight is 275 g/mol. The maximum Gasteiger partial charge on any atom is 2.00 e. The summed E-state index contributed by atoms with van der Waals surface area (Å²) in [6.07, 6.45) is 0.826. The second-order valence-electron chi connectivity index (χ2n) is 2.34. The molecule has 0 fully saturated rings. The molecule has 0 bridgehead atoms. The SMILES string of the molecule is CCCOc1[c-]cc(F)c(F)c1.[Br-].[Mg+2]. The summed E-state index contributed by atoms with van der Waals surface area (Å²) in [5.41, 5.74) is 0. The minimum Gasteiger partial charge on any atom is -1.00 e. The Labute approximate surface area is 109 Å². The molecule has 1 aromatic carbocycles. The molecule has 1 aromatic rings. The van der Waals surface area contributed by atoms with E-state index in [0.717, 1.165) is 18.6 Å². The predicted molar refractivity (Wildman–Crippen MR) is 46.7 cm³/mol. The zero-order chi connectivity index (χ0) is 8.97. The van der Waals surface area contributed by atoms with Gasteiger partial charge in [0.25, 0.3) is 0 Å². The summed E-state index contributed by atoms with van der Waals surface area (Å²) < 4.78 is 29.9. The fourth-order valence-corrected chi connectivity index (χ4v) is 0.724. The van der Waals surface area contributed by atoms with Crippen LogP contribution in [0.1, 0.15) is 13.3 Å². The van der Waals surface area contributed by atoms with Gasteiger partial charge in [-0.05, 0) is 6.42 Å². The fraction of sp³-hybridized carbons (Fsp3) is 0.333. The summed E-state index contributed by atoms with van der Waals surface area (Å²) in [6, 6.07) is 4.40. The molecule has 1 nitrogen and oxygen atoms in total. The molecule has 1 rings (SSSR count). The van der Waals surface area contributed by atoms with Crippen LogP contribution in [-0.2, 0) is 0 Å². The quantitative estimate of drug-likeness (QED) is 0.517. The zero-order valence-corrected chi connectivity index (χ0v) is 10.8. The van der Waals surface area contributed by atoms with Crippen molar-refractivity contribution in [2.45, 2.75) is 13.3 Å². The van der Waals surface area contributed by atoms with Gasteiger partial charge in [0.1, 0.15) is 0 Å². The minimum absolute atomic E-state index is 0. The molecule has 5 heteroatoms. The fourth-order valence-electron chi connectivity index (χ4n) is 0.724. The van der Waals surface area contributed by atoms with Crippen LogP contribution in [-0.4, -0.2) is 29.7 Å². The summed E-state index contributed by atoms with van der Waals surface area (Å²) in [4.78, 5) is 0. The van der Waals surface area contributed by atoms with Gasteiger partial charge in [0.05, 0.1) is 12.4 Å². The van der Waals surface area contributed by atoms with Crippen molar-refractivity contribution in [2.24, 2.45) is 0 Å². The van der Waals surface area contributed by atoms with Crippen molar-refractivity contribution in [1.29, 1.82) is 0 Å². The van der Waals surface area contributed by atoms with Crippen molar-refractivity contribution in [3.05, 3.63) is 29.8 Å². The van der Waals surface area contributed by atoms with Crippen molar-refractivity contribution in [3.8, 4) is 5.75 Å². The van der Waals surface area contributed by atoms with Gasteiger partial charge in [-0.3, -0.25) is 4.39 Å². The zero-order valence-electron chi connectivity index (χ0n) is 7.82. The van der Waals surface area contributed by atoms with E-state index < -0.39 is 11.6 Å². The molecule has 0 unspecified atom stereocenters. The predicted octanol–water partition coefficient (Wildman–Crippen LogP) is -0.823. The summed E-state index contributed by atoms with van der Waals surface area (Å²) in [5, 5.41) is 0. The standard InChI is InChI=1S/C9H9F2O.BrH.Mg/c1-2-5-12-7-3-4-8(10)9(11)6-7;;/h4,6H,2,5H2,1H3;1H;/q-1;;+2/p-1. The monoisotopic (exact) mass is 274 g/mol. The van der Waals surface area contributed by atoms with Crippen LogP contribution in [0.2, 0.25) is 0 Å². The third kappa shape index (κ3) is 5.12. The molecule has 0 saturated heterocycles. The molecule has 0 aliphatic heterocycles. The van der Waals surface area contributed by atoms with E-state index in [-0.39, 0.29) is 45.8 Å². The molecule has 0 N–H and O–H groups in total. The van der Waals surface area contributed by atoms with Crippen molar-refractivity contribution < 1.29 is 30.5 Å². The van der Waals surface area contributed by atoms with Crippen molar-refractivity contribution in [1.82, 2.24) is 0 Å². The van der Waals surface area contributed by atoms with E-state index in [2.05, 4.69) is 6.07 Å². The second-order valence-corrected chi connectivity index (χ2v) is 2.34. The number of benzene rings is 1. The number of rotatable bonds is 3. The molecule has 74 valence electrons. The number of halogens is 3. The molecule has 0 aliphatic rings. The van der Waals surface area contributed by atoms with E-state index in [9.17, 15) is 8.78 Å². The van der Waals surface area contributed by atoms with Crippen LogP contribution in [0, 0.1) is 17.7 Å². The Hall–Kier alpha value is 0.126. The number of hydrogen-bond acceptors (Lipinski definition) is 1. The van der Waals surface area contributed by atoms with E-state index >= 15 is 0 Å². The van der Waals surface area contributed by atoms with Gasteiger partial charge in [0, 0.05) is 11.6 Å². The van der Waals surface area contributed by atoms with Gasteiger partial charge in [-0.25, -0.2) is 4.39 Å². The first kappa shape index (κ1) is 16.6. The average Bonchev–Trinajstić information content (AvgIpc) is 2.07. The normalized spacial score (nSPS) is 8.50. The number of ether oxygens (including phenoxy) is 1. The van der Waals surface area contributed by atoms with Gasteiger partial charge in [-0.2, -0.15) is 0 Å². The van der Waals surface area contributed by atoms with E-state index in [4.69, 9.17) is 4.74 Å². The first-order chi connectivity index (χ1) is 5.74. The Morgan fingerprint density at radius 1 is 1.36 bits per heavy atom. The van der Waals surface area contributed by atoms with Crippen molar-refractivity contribution in [2.75, 3.05) is 6.61 Å². The second kappa shape index (κ2) is 8.44. The largest absolute Gasteiger partial charge is 2.00 e. The van der Waals surface area contributed by atoms with E-state index in [0.29, 0.717) is 6.61 Å². The molecule has 0 atom stereocenters. The van der Waals surface area contributed by atoms with Crippen LogP contribution < -0.4 is 21.7 Å². The Morgan fingerprint density at radius 2 is 2.00 bits per heavy atom. The first-order valence-electron chi connectivity index (χ1n) is 3.73. The van der Waals surface area contributed by atoms with Crippen LogP contribution in [0.3, 0.4) is 0 Å². The van der Waals surface area contributed by atoms with Crippen LogP contribution in [0.5, 0.6) is 5.75 Å². The van der Waals surface area contributed by atoms with E-state index in [1.54, 1.807) is 0 Å². The maximum atomic E-state index is 12.5. The Bertz CT molecular complexity index is 271. The van der Waals surface area contributed by atoms with Gasteiger partial charge in [0.15, 0.2) is 0 Å².